The molecule has 1 aliphatic rings. The molecule has 1 aromatic heterocycles. The van der Waals surface area contributed by atoms with E-state index in [-0.39, 0.29) is 0 Å². The van der Waals surface area contributed by atoms with E-state index in [2.05, 4.69) is 16.9 Å². The van der Waals surface area contributed by atoms with Gasteiger partial charge in [0.05, 0.1) is 5.69 Å². The summed E-state index contributed by atoms with van der Waals surface area (Å²) in [7, 11) is 2.17. The number of oxazole rings is 1. The van der Waals surface area contributed by atoms with E-state index < -0.39 is 0 Å². The van der Waals surface area contributed by atoms with Crippen molar-refractivity contribution in [3.63, 3.8) is 0 Å². The zero-order chi connectivity index (χ0) is 10.7. The fourth-order valence-electron chi connectivity index (χ4n) is 2.22. The van der Waals surface area contributed by atoms with Crippen LogP contribution in [-0.4, -0.2) is 30.0 Å². The van der Waals surface area contributed by atoms with Crippen LogP contribution in [0.4, 0.5) is 0 Å². The average Bonchev–Trinajstić information content (AvgIpc) is 2.65. The van der Waals surface area contributed by atoms with Crippen molar-refractivity contribution in [1.29, 1.82) is 0 Å². The predicted molar refractivity (Wildman–Crippen MR) is 58.3 cm³/mol. The summed E-state index contributed by atoms with van der Waals surface area (Å²) in [4.78, 5) is 6.71. The maximum Gasteiger partial charge on any atom is 0.194 e. The van der Waals surface area contributed by atoms with Gasteiger partial charge in [0.25, 0.3) is 0 Å². The van der Waals surface area contributed by atoms with Crippen molar-refractivity contribution in [2.24, 2.45) is 11.7 Å². The van der Waals surface area contributed by atoms with Gasteiger partial charge < -0.3 is 15.1 Å². The molecule has 2 rings (SSSR count). The van der Waals surface area contributed by atoms with Gasteiger partial charge in [-0.1, -0.05) is 0 Å². The molecule has 15 heavy (non-hydrogen) atoms. The highest BCUT2D eigenvalue weighted by Gasteiger charge is 2.19. The van der Waals surface area contributed by atoms with Crippen LogP contribution in [-0.2, 0) is 13.0 Å². The minimum absolute atomic E-state index is 0.466. The number of nitrogens with zero attached hydrogens (tertiary/aromatic N) is 2. The SMILES string of the molecule is CN1CCCC(Cc2nc(CN)co2)C1. The average molecular weight is 209 g/mol. The van der Waals surface area contributed by atoms with Gasteiger partial charge in [0.1, 0.15) is 6.26 Å². The molecular weight excluding hydrogens is 190 g/mol. The van der Waals surface area contributed by atoms with Gasteiger partial charge in [-0.25, -0.2) is 4.98 Å². The van der Waals surface area contributed by atoms with Crippen molar-refractivity contribution < 1.29 is 4.42 Å². The second-order valence-corrected chi connectivity index (χ2v) is 4.41. The van der Waals surface area contributed by atoms with Crippen molar-refractivity contribution in [3.8, 4) is 0 Å². The lowest BCUT2D eigenvalue weighted by molar-refractivity contribution is 0.202. The maximum atomic E-state index is 5.49. The molecule has 4 heteroatoms. The Morgan fingerprint density at radius 3 is 3.20 bits per heavy atom. The fourth-order valence-corrected chi connectivity index (χ4v) is 2.22. The van der Waals surface area contributed by atoms with Gasteiger partial charge in [0.15, 0.2) is 5.89 Å². The Morgan fingerprint density at radius 1 is 1.67 bits per heavy atom. The lowest BCUT2D eigenvalue weighted by Gasteiger charge is -2.28. The Labute approximate surface area is 90.5 Å². The minimum atomic E-state index is 0.466. The Hall–Kier alpha value is -0.870. The van der Waals surface area contributed by atoms with Gasteiger partial charge >= 0.3 is 0 Å². The third-order valence-electron chi connectivity index (χ3n) is 2.99. The van der Waals surface area contributed by atoms with E-state index in [1.165, 1.54) is 19.4 Å². The molecule has 84 valence electrons. The molecule has 1 atom stereocenters. The lowest BCUT2D eigenvalue weighted by Crippen LogP contribution is -2.33. The molecule has 0 aliphatic carbocycles. The number of aromatic nitrogens is 1. The van der Waals surface area contributed by atoms with E-state index in [1.54, 1.807) is 6.26 Å². The first-order valence-electron chi connectivity index (χ1n) is 5.60. The molecule has 0 amide bonds. The molecule has 4 nitrogen and oxygen atoms in total. The first-order valence-corrected chi connectivity index (χ1v) is 5.60. The number of piperidine rings is 1. The molecular formula is C11H19N3O. The largest absolute Gasteiger partial charge is 0.449 e. The summed E-state index contributed by atoms with van der Waals surface area (Å²) in [5.74, 6) is 1.53. The molecule has 0 radical (unpaired) electrons. The first kappa shape index (κ1) is 10.6. The van der Waals surface area contributed by atoms with Crippen LogP contribution in [0.5, 0.6) is 0 Å². The topological polar surface area (TPSA) is 55.3 Å². The number of likely N-dealkylation sites (tertiary alicyclic amines) is 1. The summed E-state index contributed by atoms with van der Waals surface area (Å²) in [6.07, 6.45) is 5.18. The molecule has 0 aromatic carbocycles. The molecule has 1 fully saturated rings. The number of hydrogen-bond acceptors (Lipinski definition) is 4. The first-order chi connectivity index (χ1) is 7.28. The van der Waals surface area contributed by atoms with E-state index in [9.17, 15) is 0 Å². The quantitative estimate of drug-likeness (QED) is 0.807. The number of nitrogens with two attached hydrogens (primary N) is 1. The number of rotatable bonds is 3. The van der Waals surface area contributed by atoms with Crippen molar-refractivity contribution in [2.45, 2.75) is 25.8 Å². The van der Waals surface area contributed by atoms with Gasteiger partial charge in [0.2, 0.25) is 0 Å². The molecule has 1 aliphatic heterocycles. The minimum Gasteiger partial charge on any atom is -0.449 e. The predicted octanol–water partition coefficient (Wildman–Crippen LogP) is 1.02. The van der Waals surface area contributed by atoms with Gasteiger partial charge in [-0.05, 0) is 32.4 Å². The van der Waals surface area contributed by atoms with Crippen LogP contribution >= 0.6 is 0 Å². The molecule has 0 saturated carbocycles. The van der Waals surface area contributed by atoms with Crippen LogP contribution in [0.15, 0.2) is 10.7 Å². The normalized spacial score (nSPS) is 23.2. The summed E-state index contributed by atoms with van der Waals surface area (Å²) in [5.41, 5.74) is 6.34. The Bertz CT molecular complexity index is 311. The van der Waals surface area contributed by atoms with Crippen LogP contribution in [0.3, 0.4) is 0 Å². The summed E-state index contributed by atoms with van der Waals surface area (Å²) in [6, 6.07) is 0. The second-order valence-electron chi connectivity index (χ2n) is 4.41. The second kappa shape index (κ2) is 4.77. The third-order valence-corrected chi connectivity index (χ3v) is 2.99. The summed E-state index contributed by atoms with van der Waals surface area (Å²) >= 11 is 0. The Balaban J connectivity index is 1.90. The maximum absolute atomic E-state index is 5.49. The molecule has 0 spiro atoms. The van der Waals surface area contributed by atoms with Gasteiger partial charge in [0, 0.05) is 19.5 Å². The zero-order valence-electron chi connectivity index (χ0n) is 9.28. The highest BCUT2D eigenvalue weighted by atomic mass is 16.3. The summed E-state index contributed by atoms with van der Waals surface area (Å²) in [6.45, 7) is 2.84. The van der Waals surface area contributed by atoms with E-state index in [0.29, 0.717) is 12.5 Å². The zero-order valence-corrected chi connectivity index (χ0v) is 9.28. The van der Waals surface area contributed by atoms with Crippen molar-refractivity contribution >= 4 is 0 Å². The molecule has 2 N–H and O–H groups in total. The van der Waals surface area contributed by atoms with Crippen molar-refractivity contribution in [2.75, 3.05) is 20.1 Å². The highest BCUT2D eigenvalue weighted by Crippen LogP contribution is 2.19. The molecule has 2 heterocycles. The van der Waals surface area contributed by atoms with Crippen LogP contribution in [0.1, 0.15) is 24.4 Å². The summed E-state index contributed by atoms with van der Waals surface area (Å²) in [5, 5.41) is 0. The van der Waals surface area contributed by atoms with Crippen LogP contribution in [0.25, 0.3) is 0 Å². The van der Waals surface area contributed by atoms with Crippen LogP contribution in [0, 0.1) is 5.92 Å². The van der Waals surface area contributed by atoms with E-state index in [0.717, 1.165) is 24.6 Å². The molecule has 0 bridgehead atoms. The standard InChI is InChI=1S/C11H19N3O/c1-14-4-2-3-9(7-14)5-11-13-10(6-12)8-15-11/h8-9H,2-7,12H2,1H3. The van der Waals surface area contributed by atoms with Gasteiger partial charge in [-0.2, -0.15) is 0 Å². The van der Waals surface area contributed by atoms with E-state index >= 15 is 0 Å². The highest BCUT2D eigenvalue weighted by molar-refractivity contribution is 4.96. The molecule has 1 saturated heterocycles. The van der Waals surface area contributed by atoms with Crippen LogP contribution < -0.4 is 5.73 Å². The smallest absolute Gasteiger partial charge is 0.194 e. The van der Waals surface area contributed by atoms with Crippen LogP contribution in [0.2, 0.25) is 0 Å². The van der Waals surface area contributed by atoms with Crippen molar-refractivity contribution in [3.05, 3.63) is 17.8 Å². The van der Waals surface area contributed by atoms with E-state index in [1.807, 2.05) is 0 Å². The molecule has 1 unspecified atom stereocenters. The van der Waals surface area contributed by atoms with Gasteiger partial charge in [-0.3, -0.25) is 0 Å². The van der Waals surface area contributed by atoms with Crippen molar-refractivity contribution in [1.82, 2.24) is 9.88 Å². The lowest BCUT2D eigenvalue weighted by atomic mass is 9.95. The van der Waals surface area contributed by atoms with Gasteiger partial charge in [-0.15, -0.1) is 0 Å². The monoisotopic (exact) mass is 209 g/mol. The fraction of sp³-hybridized carbons (Fsp3) is 0.727. The third kappa shape index (κ3) is 2.79. The van der Waals surface area contributed by atoms with E-state index in [4.69, 9.17) is 10.2 Å². The Morgan fingerprint density at radius 2 is 2.53 bits per heavy atom. The molecule has 1 aromatic rings. The summed E-state index contributed by atoms with van der Waals surface area (Å²) < 4.78 is 5.38. The number of hydrogen-bond donors (Lipinski definition) is 1. The Kier molecular flexibility index (Phi) is 3.38.